The smallest absolute Gasteiger partial charge is 0.292 e. The number of thiazole rings is 1. The molecule has 0 saturated carbocycles. The van der Waals surface area contributed by atoms with Crippen LogP contribution in [0.2, 0.25) is 0 Å². The van der Waals surface area contributed by atoms with Gasteiger partial charge in [-0.2, -0.15) is 0 Å². The van der Waals surface area contributed by atoms with E-state index in [0.29, 0.717) is 27.3 Å². The van der Waals surface area contributed by atoms with E-state index in [2.05, 4.69) is 20.3 Å². The van der Waals surface area contributed by atoms with E-state index < -0.39 is 4.92 Å². The fourth-order valence-electron chi connectivity index (χ4n) is 2.47. The Bertz CT molecular complexity index is 1050. The molecule has 0 saturated heterocycles. The molecule has 25 heavy (non-hydrogen) atoms. The first-order valence-electron chi connectivity index (χ1n) is 7.33. The van der Waals surface area contributed by atoms with Crippen molar-refractivity contribution in [3.63, 3.8) is 0 Å². The van der Waals surface area contributed by atoms with Gasteiger partial charge in [0.15, 0.2) is 11.0 Å². The molecule has 9 heteroatoms. The van der Waals surface area contributed by atoms with Crippen LogP contribution >= 0.6 is 11.3 Å². The summed E-state index contributed by atoms with van der Waals surface area (Å²) in [5, 5.41) is 14.5. The lowest BCUT2D eigenvalue weighted by Gasteiger charge is -2.02. The zero-order chi connectivity index (χ0) is 17.4. The first-order valence-corrected chi connectivity index (χ1v) is 8.15. The standard InChI is InChI=1S/C16H12N6O2S/c17-14-13(15-18-9-5-1-2-6-10(9)19-15)25-16(21-14)20-11-7-3-4-8-12(11)22(23)24/h1-8H,17H2,(H,18,19)(H,20,21). The Kier molecular flexibility index (Phi) is 3.55. The normalized spacial score (nSPS) is 10.9. The molecule has 0 spiro atoms. The quantitative estimate of drug-likeness (QED) is 0.378. The molecule has 0 fully saturated rings. The summed E-state index contributed by atoms with van der Waals surface area (Å²) in [5.41, 5.74) is 8.08. The summed E-state index contributed by atoms with van der Waals surface area (Å²) < 4.78 is 0. The van der Waals surface area contributed by atoms with Crippen LogP contribution in [0.15, 0.2) is 48.5 Å². The van der Waals surface area contributed by atoms with Gasteiger partial charge in [0, 0.05) is 6.07 Å². The highest BCUT2D eigenvalue weighted by Gasteiger charge is 2.17. The van der Waals surface area contributed by atoms with E-state index in [1.807, 2.05) is 24.3 Å². The number of nitrogens with zero attached hydrogens (tertiary/aromatic N) is 3. The maximum absolute atomic E-state index is 11.1. The van der Waals surface area contributed by atoms with Crippen LogP contribution < -0.4 is 11.1 Å². The molecular weight excluding hydrogens is 340 g/mol. The Hall–Kier alpha value is -3.46. The van der Waals surface area contributed by atoms with E-state index in [9.17, 15) is 10.1 Å². The lowest BCUT2D eigenvalue weighted by molar-refractivity contribution is -0.383. The Balaban J connectivity index is 1.70. The maximum Gasteiger partial charge on any atom is 0.292 e. The summed E-state index contributed by atoms with van der Waals surface area (Å²) in [7, 11) is 0. The highest BCUT2D eigenvalue weighted by molar-refractivity contribution is 7.19. The van der Waals surface area contributed by atoms with Gasteiger partial charge in [-0.1, -0.05) is 35.6 Å². The third kappa shape index (κ3) is 2.76. The van der Waals surface area contributed by atoms with E-state index in [1.54, 1.807) is 18.2 Å². The number of para-hydroxylation sites is 4. The number of aromatic amines is 1. The van der Waals surface area contributed by atoms with Crippen LogP contribution in [0.5, 0.6) is 0 Å². The van der Waals surface area contributed by atoms with Crippen molar-refractivity contribution in [3.05, 3.63) is 58.6 Å². The number of anilines is 3. The first kappa shape index (κ1) is 15.1. The molecule has 2 aromatic carbocycles. The number of imidazole rings is 1. The van der Waals surface area contributed by atoms with Crippen molar-refractivity contribution in [1.29, 1.82) is 0 Å². The van der Waals surface area contributed by atoms with E-state index in [4.69, 9.17) is 5.73 Å². The summed E-state index contributed by atoms with van der Waals surface area (Å²) in [6.45, 7) is 0. The van der Waals surface area contributed by atoms with E-state index in [-0.39, 0.29) is 5.69 Å². The van der Waals surface area contributed by atoms with Crippen LogP contribution in [-0.2, 0) is 0 Å². The molecule has 0 atom stereocenters. The number of nitro groups is 1. The number of fused-ring (bicyclic) bond motifs is 1. The van der Waals surface area contributed by atoms with Crippen molar-refractivity contribution in [2.75, 3.05) is 11.1 Å². The van der Waals surface area contributed by atoms with Crippen molar-refractivity contribution in [3.8, 4) is 10.7 Å². The van der Waals surface area contributed by atoms with E-state index >= 15 is 0 Å². The van der Waals surface area contributed by atoms with Crippen molar-refractivity contribution in [2.24, 2.45) is 0 Å². The van der Waals surface area contributed by atoms with Crippen molar-refractivity contribution < 1.29 is 4.92 Å². The highest BCUT2D eigenvalue weighted by atomic mass is 32.1. The topological polar surface area (TPSA) is 123 Å². The molecule has 0 aliphatic carbocycles. The summed E-state index contributed by atoms with van der Waals surface area (Å²) >= 11 is 1.28. The summed E-state index contributed by atoms with van der Waals surface area (Å²) in [6, 6.07) is 14.0. The number of nitrogen functional groups attached to an aromatic ring is 1. The molecule has 0 aliphatic rings. The van der Waals surface area contributed by atoms with Gasteiger partial charge in [0.2, 0.25) is 0 Å². The zero-order valence-electron chi connectivity index (χ0n) is 12.8. The molecule has 8 nitrogen and oxygen atoms in total. The molecule has 0 bridgehead atoms. The molecule has 4 N–H and O–H groups in total. The molecule has 2 aromatic heterocycles. The Labute approximate surface area is 145 Å². The third-order valence-corrected chi connectivity index (χ3v) is 4.59. The second kappa shape index (κ2) is 5.87. The minimum Gasteiger partial charge on any atom is -0.382 e. The van der Waals surface area contributed by atoms with Gasteiger partial charge in [-0.05, 0) is 18.2 Å². The number of nitro benzene ring substituents is 1. The average molecular weight is 352 g/mol. The average Bonchev–Trinajstić information content (AvgIpc) is 3.18. The Morgan fingerprint density at radius 2 is 1.88 bits per heavy atom. The lowest BCUT2D eigenvalue weighted by atomic mass is 10.3. The van der Waals surface area contributed by atoms with Gasteiger partial charge in [-0.3, -0.25) is 10.1 Å². The fourth-order valence-corrected chi connectivity index (χ4v) is 3.31. The number of rotatable bonds is 4. The fraction of sp³-hybridized carbons (Fsp3) is 0. The van der Waals surface area contributed by atoms with E-state index in [0.717, 1.165) is 11.0 Å². The number of H-pyrrole nitrogens is 1. The van der Waals surface area contributed by atoms with Gasteiger partial charge in [0.25, 0.3) is 5.69 Å². The van der Waals surface area contributed by atoms with Crippen molar-refractivity contribution in [1.82, 2.24) is 15.0 Å². The molecule has 0 aliphatic heterocycles. The minimum absolute atomic E-state index is 0.0263. The van der Waals surface area contributed by atoms with Gasteiger partial charge in [-0.15, -0.1) is 0 Å². The van der Waals surface area contributed by atoms with Gasteiger partial charge in [-0.25, -0.2) is 9.97 Å². The molecule has 124 valence electrons. The maximum atomic E-state index is 11.1. The number of nitrogens with one attached hydrogen (secondary N) is 2. The van der Waals surface area contributed by atoms with Crippen LogP contribution in [0, 0.1) is 10.1 Å². The largest absolute Gasteiger partial charge is 0.382 e. The predicted octanol–water partition coefficient (Wildman–Crippen LogP) is 3.92. The van der Waals surface area contributed by atoms with Gasteiger partial charge < -0.3 is 16.0 Å². The third-order valence-electron chi connectivity index (χ3n) is 3.60. The number of nitrogens with two attached hydrogens (primary N) is 1. The van der Waals surface area contributed by atoms with Crippen LogP contribution in [0.3, 0.4) is 0 Å². The molecule has 2 heterocycles. The molecule has 0 unspecified atom stereocenters. The molecule has 0 radical (unpaired) electrons. The Morgan fingerprint density at radius 3 is 2.68 bits per heavy atom. The van der Waals surface area contributed by atoms with Crippen LogP contribution in [0.25, 0.3) is 21.7 Å². The zero-order valence-corrected chi connectivity index (χ0v) is 13.6. The number of benzene rings is 2. The van der Waals surface area contributed by atoms with Crippen LogP contribution in [-0.4, -0.2) is 19.9 Å². The highest BCUT2D eigenvalue weighted by Crippen LogP contribution is 2.36. The van der Waals surface area contributed by atoms with Crippen LogP contribution in [0.4, 0.5) is 22.3 Å². The molecule has 4 rings (SSSR count). The first-order chi connectivity index (χ1) is 12.1. The summed E-state index contributed by atoms with van der Waals surface area (Å²) in [5.74, 6) is 0.928. The molecule has 4 aromatic rings. The van der Waals surface area contributed by atoms with Crippen molar-refractivity contribution in [2.45, 2.75) is 0 Å². The summed E-state index contributed by atoms with van der Waals surface area (Å²) in [6.07, 6.45) is 0. The van der Waals surface area contributed by atoms with Gasteiger partial charge >= 0.3 is 0 Å². The predicted molar refractivity (Wildman–Crippen MR) is 98.0 cm³/mol. The number of hydrogen-bond donors (Lipinski definition) is 3. The molecular formula is C16H12N6O2S. The number of hydrogen-bond acceptors (Lipinski definition) is 7. The van der Waals surface area contributed by atoms with Gasteiger partial charge in [0.1, 0.15) is 16.4 Å². The minimum atomic E-state index is -0.445. The van der Waals surface area contributed by atoms with Gasteiger partial charge in [0.05, 0.1) is 16.0 Å². The van der Waals surface area contributed by atoms with Crippen molar-refractivity contribution >= 4 is 44.7 Å². The second-order valence-corrected chi connectivity index (χ2v) is 6.23. The van der Waals surface area contributed by atoms with E-state index in [1.165, 1.54) is 17.4 Å². The summed E-state index contributed by atoms with van der Waals surface area (Å²) in [4.78, 5) is 23.3. The lowest BCUT2D eigenvalue weighted by Crippen LogP contribution is -1.96. The second-order valence-electron chi connectivity index (χ2n) is 5.24. The number of aromatic nitrogens is 3. The van der Waals surface area contributed by atoms with Crippen LogP contribution in [0.1, 0.15) is 0 Å². The Morgan fingerprint density at radius 1 is 1.12 bits per heavy atom. The monoisotopic (exact) mass is 352 g/mol. The molecule has 0 amide bonds. The SMILES string of the molecule is Nc1nc(Nc2ccccc2[N+](=O)[O-])sc1-c1nc2ccccc2[nH]1.